The maximum absolute atomic E-state index is 14.6. The Morgan fingerprint density at radius 3 is 2.79 bits per heavy atom. The maximum Gasteiger partial charge on any atom is 0.562 e. The fourth-order valence-electron chi connectivity index (χ4n) is 11.0. The molecule has 10 nitrogen and oxygen atoms in total. The van der Waals surface area contributed by atoms with Crippen molar-refractivity contribution in [2.45, 2.75) is 101 Å². The lowest BCUT2D eigenvalue weighted by molar-refractivity contribution is -0.154. The number of carbonyl (C=O) groups excluding carboxylic acids is 4. The highest BCUT2D eigenvalue weighted by Gasteiger charge is 2.63. The predicted molar refractivity (Wildman–Crippen MR) is 195 cm³/mol. The van der Waals surface area contributed by atoms with E-state index in [0.29, 0.717) is 43.7 Å². The quantitative estimate of drug-likeness (QED) is 0.384. The van der Waals surface area contributed by atoms with Crippen molar-refractivity contribution in [3.05, 3.63) is 64.8 Å². The second-order valence-corrected chi connectivity index (χ2v) is 16.7. The number of aromatic amines is 1. The summed E-state index contributed by atoms with van der Waals surface area (Å²) in [5, 5.41) is 12.0. The number of aryl methyl sites for hydroxylation is 1. The Hall–Kier alpha value is -3.80. The third-order valence-electron chi connectivity index (χ3n) is 13.4. The molecule has 0 spiro atoms. The van der Waals surface area contributed by atoms with Gasteiger partial charge in [0.05, 0.1) is 24.0 Å². The highest BCUT2D eigenvalue weighted by Crippen LogP contribution is 2.50. The molecule has 52 heavy (non-hydrogen) atoms. The van der Waals surface area contributed by atoms with Crippen LogP contribution in [-0.2, 0) is 47.8 Å². The van der Waals surface area contributed by atoms with Crippen molar-refractivity contribution in [2.24, 2.45) is 23.7 Å². The van der Waals surface area contributed by atoms with Gasteiger partial charge in [0.15, 0.2) is 5.78 Å². The zero-order chi connectivity index (χ0) is 35.9. The number of nitrogens with one attached hydrogen (secondary N) is 1. The minimum Gasteiger partial charge on any atom is -0.506 e. The van der Waals surface area contributed by atoms with Crippen LogP contribution in [0.25, 0.3) is 10.9 Å². The van der Waals surface area contributed by atoms with Crippen molar-refractivity contribution in [1.82, 2.24) is 14.8 Å². The lowest BCUT2D eigenvalue weighted by Crippen LogP contribution is -2.57. The number of fused-ring (bicyclic) bond motifs is 6. The van der Waals surface area contributed by atoms with Crippen LogP contribution in [0.15, 0.2) is 42.6 Å². The molecule has 4 saturated heterocycles. The van der Waals surface area contributed by atoms with Gasteiger partial charge in [0.1, 0.15) is 11.4 Å². The SMILES string of the molecule is CN1CC(C(=O)CC2(C)OC3C(C2=O)C(Cc2ccc4c(c2)CCCCCC(=O)OB4O)C(=O)N2CCCC32)CC2Cc3cccc4[nH]cc(c34)C21. The van der Waals surface area contributed by atoms with Crippen molar-refractivity contribution in [1.29, 1.82) is 0 Å². The van der Waals surface area contributed by atoms with Crippen LogP contribution in [-0.4, -0.2) is 88.3 Å². The average molecular weight is 706 g/mol. The van der Waals surface area contributed by atoms with Crippen LogP contribution in [0.5, 0.6) is 0 Å². The number of ketones is 2. The second-order valence-electron chi connectivity index (χ2n) is 16.7. The Balaban J connectivity index is 0.950. The molecule has 2 N–H and O–H groups in total. The zero-order valence-electron chi connectivity index (χ0n) is 30.1. The first kappa shape index (κ1) is 34.0. The Kier molecular flexibility index (Phi) is 8.47. The number of amides is 1. The van der Waals surface area contributed by atoms with E-state index in [2.05, 4.69) is 41.3 Å². The maximum atomic E-state index is 14.6. The van der Waals surface area contributed by atoms with Crippen LogP contribution in [0, 0.1) is 23.7 Å². The molecule has 11 heteroatoms. The fraction of sp³-hybridized carbons (Fsp3) is 0.561. The van der Waals surface area contributed by atoms with Crippen molar-refractivity contribution in [3.63, 3.8) is 0 Å². The second kappa shape index (κ2) is 13.0. The molecule has 3 aromatic rings. The number of nitrogens with zero attached hydrogens (tertiary/aromatic N) is 2. The van der Waals surface area contributed by atoms with Gasteiger partial charge in [-0.05, 0) is 99.6 Å². The van der Waals surface area contributed by atoms with Gasteiger partial charge in [-0.15, -0.1) is 0 Å². The molecule has 6 aliphatic rings. The predicted octanol–water partition coefficient (Wildman–Crippen LogP) is 3.85. The van der Waals surface area contributed by atoms with Crippen molar-refractivity contribution in [3.8, 4) is 0 Å². The number of Topliss-reactive ketones (excluding diaryl/α,β-unsaturated/α-hetero) is 2. The number of likely N-dealkylation sites (tertiary alicyclic amines) is 1. The summed E-state index contributed by atoms with van der Waals surface area (Å²) in [6.07, 6.45) is 8.89. The van der Waals surface area contributed by atoms with E-state index in [4.69, 9.17) is 9.39 Å². The Bertz CT molecular complexity index is 1960. The molecule has 272 valence electrons. The monoisotopic (exact) mass is 705 g/mol. The summed E-state index contributed by atoms with van der Waals surface area (Å²) < 4.78 is 12.1. The van der Waals surface area contributed by atoms with Gasteiger partial charge in [-0.3, -0.25) is 24.1 Å². The normalized spacial score (nSPS) is 33.4. The number of benzene rings is 2. The van der Waals surface area contributed by atoms with Gasteiger partial charge in [-0.2, -0.15) is 0 Å². The molecular weight excluding hydrogens is 657 g/mol. The minimum absolute atomic E-state index is 0.0123. The van der Waals surface area contributed by atoms with E-state index in [1.165, 1.54) is 16.5 Å². The Labute approximate surface area is 304 Å². The summed E-state index contributed by atoms with van der Waals surface area (Å²) in [6.45, 7) is 3.07. The molecule has 9 rings (SSSR count). The van der Waals surface area contributed by atoms with E-state index in [1.807, 2.05) is 17.0 Å². The number of aromatic nitrogens is 1. The largest absolute Gasteiger partial charge is 0.562 e. The summed E-state index contributed by atoms with van der Waals surface area (Å²) in [6, 6.07) is 12.2. The molecule has 0 saturated carbocycles. The van der Waals surface area contributed by atoms with Gasteiger partial charge in [-0.25, -0.2) is 0 Å². The Morgan fingerprint density at radius 1 is 1.08 bits per heavy atom. The summed E-state index contributed by atoms with van der Waals surface area (Å²) >= 11 is 0. The van der Waals surface area contributed by atoms with Gasteiger partial charge >= 0.3 is 7.12 Å². The molecule has 8 atom stereocenters. The van der Waals surface area contributed by atoms with E-state index in [9.17, 15) is 24.2 Å². The Morgan fingerprint density at radius 2 is 1.92 bits per heavy atom. The lowest BCUT2D eigenvalue weighted by Gasteiger charge is -2.45. The molecule has 0 bridgehead atoms. The van der Waals surface area contributed by atoms with Gasteiger partial charge in [-0.1, -0.05) is 36.8 Å². The smallest absolute Gasteiger partial charge is 0.506 e. The van der Waals surface area contributed by atoms with Gasteiger partial charge in [0, 0.05) is 60.5 Å². The van der Waals surface area contributed by atoms with Crippen LogP contribution < -0.4 is 5.46 Å². The molecule has 0 radical (unpaired) electrons. The van der Waals surface area contributed by atoms with Crippen molar-refractivity contribution in [2.75, 3.05) is 20.1 Å². The standard InChI is InChI=1S/C41H48BN3O7/c1-41(20-33(46)27-19-26-18-25-9-6-10-31-35(25)29(21-43-31)37(26)44(2)22-27)39(48)36-28(40(49)45-15-7-11-32(45)38(36)51-41)17-23-13-14-30-24(16-23)8-4-3-5-12-34(47)52-42(30)50/h6,9-10,13-14,16,21,26-28,32,36-38,43,50H,3-5,7-8,11-12,15,17-20,22H2,1-2H3. The molecule has 8 unspecified atom stereocenters. The van der Waals surface area contributed by atoms with Crippen LogP contribution in [0.2, 0.25) is 0 Å². The summed E-state index contributed by atoms with van der Waals surface area (Å²) in [7, 11) is 0.778. The minimum atomic E-state index is -1.34. The van der Waals surface area contributed by atoms with E-state index in [-0.39, 0.29) is 41.9 Å². The van der Waals surface area contributed by atoms with E-state index < -0.39 is 36.6 Å². The third-order valence-corrected chi connectivity index (χ3v) is 13.4. The first-order valence-corrected chi connectivity index (χ1v) is 19.4. The summed E-state index contributed by atoms with van der Waals surface area (Å²) in [5.41, 5.74) is 4.87. The highest BCUT2D eigenvalue weighted by atomic mass is 16.6. The number of rotatable bonds is 5. The molecule has 1 aromatic heterocycles. The topological polar surface area (TPSA) is 129 Å². The molecule has 2 aromatic carbocycles. The summed E-state index contributed by atoms with van der Waals surface area (Å²) in [4.78, 5) is 63.0. The number of hydrogen-bond acceptors (Lipinski definition) is 8. The molecule has 6 heterocycles. The van der Waals surface area contributed by atoms with Crippen molar-refractivity contribution >= 4 is 46.9 Å². The van der Waals surface area contributed by atoms with E-state index >= 15 is 0 Å². The van der Waals surface area contributed by atoms with Crippen LogP contribution >= 0.6 is 0 Å². The van der Waals surface area contributed by atoms with Crippen LogP contribution in [0.3, 0.4) is 0 Å². The first-order valence-electron chi connectivity index (χ1n) is 19.4. The number of piperidine rings is 2. The number of ether oxygens (including phenoxy) is 1. The lowest BCUT2D eigenvalue weighted by atomic mass is 9.70. The summed E-state index contributed by atoms with van der Waals surface area (Å²) in [5.74, 6) is -1.61. The molecular formula is C41H48BN3O7. The molecule has 1 amide bonds. The number of carbonyl (C=O) groups is 4. The fourth-order valence-corrected chi connectivity index (χ4v) is 11.0. The van der Waals surface area contributed by atoms with Crippen LogP contribution in [0.4, 0.5) is 0 Å². The first-order chi connectivity index (χ1) is 25.1. The molecule has 5 aliphatic heterocycles. The van der Waals surface area contributed by atoms with E-state index in [1.54, 1.807) is 13.0 Å². The average Bonchev–Trinajstić information content (AvgIpc) is 3.84. The number of H-pyrrole nitrogens is 1. The highest BCUT2D eigenvalue weighted by molar-refractivity contribution is 6.62. The molecule has 4 fully saturated rings. The van der Waals surface area contributed by atoms with Gasteiger partial charge in [0.25, 0.3) is 5.97 Å². The zero-order valence-corrected chi connectivity index (χ0v) is 30.1. The third kappa shape index (κ3) is 5.57. The molecule has 1 aliphatic carbocycles. The van der Waals surface area contributed by atoms with E-state index in [0.717, 1.165) is 61.6 Å². The van der Waals surface area contributed by atoms with Crippen molar-refractivity contribution < 1.29 is 33.6 Å². The van der Waals surface area contributed by atoms with Gasteiger partial charge in [0.2, 0.25) is 5.91 Å². The van der Waals surface area contributed by atoms with Gasteiger partial charge < -0.3 is 24.3 Å². The number of hydrogen-bond donors (Lipinski definition) is 2. The van der Waals surface area contributed by atoms with Crippen LogP contribution in [0.1, 0.15) is 86.6 Å².